The molecule has 0 aliphatic carbocycles. The third-order valence-corrected chi connectivity index (χ3v) is 7.09. The Kier molecular flexibility index (Phi) is 8.82. The quantitative estimate of drug-likeness (QED) is 0.181. The molecule has 1 fully saturated rings. The van der Waals surface area contributed by atoms with Gasteiger partial charge in [0.15, 0.2) is 5.82 Å². The summed E-state index contributed by atoms with van der Waals surface area (Å²) in [7, 11) is 1.87. The number of nitrogens with two attached hydrogens (primary N) is 1. The van der Waals surface area contributed by atoms with Crippen LogP contribution < -0.4 is 15.8 Å². The predicted molar refractivity (Wildman–Crippen MR) is 163 cm³/mol. The second-order valence-corrected chi connectivity index (χ2v) is 10.4. The monoisotopic (exact) mass is 570 g/mol. The molecule has 0 saturated carbocycles. The fourth-order valence-electron chi connectivity index (χ4n) is 4.72. The van der Waals surface area contributed by atoms with Gasteiger partial charge in [-0.1, -0.05) is 13.0 Å². The average molecular weight is 571 g/mol. The highest BCUT2D eigenvalue weighted by molar-refractivity contribution is 5.84. The minimum Gasteiger partial charge on any atom is -0.489 e. The molecule has 0 unspecified atom stereocenters. The van der Waals surface area contributed by atoms with Gasteiger partial charge in [-0.2, -0.15) is 10.2 Å². The molecule has 0 radical (unpaired) electrons. The highest BCUT2D eigenvalue weighted by Crippen LogP contribution is 2.31. The van der Waals surface area contributed by atoms with Gasteiger partial charge >= 0.3 is 0 Å². The normalized spacial score (nSPS) is 14.3. The van der Waals surface area contributed by atoms with Crippen molar-refractivity contribution in [3.8, 4) is 5.75 Å². The lowest BCUT2D eigenvalue weighted by molar-refractivity contribution is 0.247. The number of benzene rings is 1. The molecule has 4 heterocycles. The molecular weight excluding hydrogens is 532 g/mol. The average Bonchev–Trinajstić information content (AvgIpc) is 3.57. The van der Waals surface area contributed by atoms with Crippen molar-refractivity contribution in [3.05, 3.63) is 77.8 Å². The van der Waals surface area contributed by atoms with Crippen LogP contribution >= 0.6 is 0 Å². The van der Waals surface area contributed by atoms with Crippen LogP contribution in [0.15, 0.2) is 60.3 Å². The standard InChI is InChI=1S/C30H38N10O2/c1-5-6-26(31)29-30(36-24-13-33-38(4)18-24)32-14-28(37-29)23-16-39(17-23)21(3)35-27-8-7-25(11-20(27)2)42-19-22-12-34-40(15-22)9-10-41/h6-8,11-15,18,23,41H,5,9-10,16-17,19,31H2,1-4H3,(H,32,36). The molecule has 5 rings (SSSR count). The number of aryl methyl sites for hydroxylation is 2. The van der Waals surface area contributed by atoms with Crippen LogP contribution in [0, 0.1) is 6.92 Å². The molecule has 0 amide bonds. The molecule has 1 saturated heterocycles. The van der Waals surface area contributed by atoms with Gasteiger partial charge in [0.1, 0.15) is 23.9 Å². The second-order valence-electron chi connectivity index (χ2n) is 10.4. The van der Waals surface area contributed by atoms with Gasteiger partial charge < -0.3 is 25.8 Å². The number of aliphatic hydroxyl groups excluding tert-OH is 1. The van der Waals surface area contributed by atoms with Crippen LogP contribution in [0.4, 0.5) is 17.2 Å². The van der Waals surface area contributed by atoms with E-state index in [2.05, 4.69) is 25.4 Å². The van der Waals surface area contributed by atoms with Crippen LogP contribution in [0.5, 0.6) is 5.75 Å². The number of ether oxygens (including phenoxy) is 1. The Morgan fingerprint density at radius 1 is 1.21 bits per heavy atom. The first-order valence-electron chi connectivity index (χ1n) is 14.1. The van der Waals surface area contributed by atoms with E-state index in [0.29, 0.717) is 30.4 Å². The third kappa shape index (κ3) is 6.77. The van der Waals surface area contributed by atoms with Gasteiger partial charge in [-0.25, -0.2) is 15.0 Å². The van der Waals surface area contributed by atoms with Gasteiger partial charge in [-0.3, -0.25) is 9.36 Å². The lowest BCUT2D eigenvalue weighted by Crippen LogP contribution is -2.47. The minimum atomic E-state index is 0.0553. The van der Waals surface area contributed by atoms with E-state index >= 15 is 0 Å². The van der Waals surface area contributed by atoms with Crippen molar-refractivity contribution in [2.45, 2.75) is 46.3 Å². The Labute approximate surface area is 245 Å². The number of aliphatic imine (C=N–C) groups is 1. The van der Waals surface area contributed by atoms with Crippen molar-refractivity contribution in [3.63, 3.8) is 0 Å². The lowest BCUT2D eigenvalue weighted by atomic mass is 9.96. The number of aromatic nitrogens is 6. The molecule has 1 aliphatic rings. The maximum atomic E-state index is 9.05. The lowest BCUT2D eigenvalue weighted by Gasteiger charge is -2.40. The Morgan fingerprint density at radius 3 is 2.76 bits per heavy atom. The van der Waals surface area contributed by atoms with Crippen molar-refractivity contribution in [2.75, 3.05) is 25.0 Å². The van der Waals surface area contributed by atoms with E-state index in [0.717, 1.165) is 59.3 Å². The Hall–Kier alpha value is -4.71. The third-order valence-electron chi connectivity index (χ3n) is 7.09. The smallest absolute Gasteiger partial charge is 0.158 e. The van der Waals surface area contributed by atoms with Gasteiger partial charge in [0, 0.05) is 44.0 Å². The number of likely N-dealkylation sites (tertiary alicyclic amines) is 1. The topological polar surface area (TPSA) is 145 Å². The van der Waals surface area contributed by atoms with Crippen molar-refractivity contribution >= 4 is 28.7 Å². The number of allylic oxidation sites excluding steroid dienone is 1. The first-order chi connectivity index (χ1) is 20.3. The van der Waals surface area contributed by atoms with Crippen molar-refractivity contribution in [1.29, 1.82) is 0 Å². The molecule has 42 heavy (non-hydrogen) atoms. The number of amidine groups is 1. The number of hydrogen-bond acceptors (Lipinski definition) is 9. The number of rotatable bonds is 11. The zero-order valence-corrected chi connectivity index (χ0v) is 24.5. The molecular formula is C30H38N10O2. The second kappa shape index (κ2) is 12.9. The minimum absolute atomic E-state index is 0.0553. The summed E-state index contributed by atoms with van der Waals surface area (Å²) in [6.07, 6.45) is 11.8. The predicted octanol–water partition coefficient (Wildman–Crippen LogP) is 3.89. The molecule has 3 aromatic heterocycles. The molecule has 0 atom stereocenters. The van der Waals surface area contributed by atoms with Crippen LogP contribution in [0.25, 0.3) is 5.70 Å². The van der Waals surface area contributed by atoms with Crippen LogP contribution in [0.1, 0.15) is 48.7 Å². The Morgan fingerprint density at radius 2 is 2.05 bits per heavy atom. The summed E-state index contributed by atoms with van der Waals surface area (Å²) >= 11 is 0. The fraction of sp³-hybridized carbons (Fsp3) is 0.367. The fourth-order valence-corrected chi connectivity index (χ4v) is 4.72. The van der Waals surface area contributed by atoms with Crippen LogP contribution in [0.2, 0.25) is 0 Å². The van der Waals surface area contributed by atoms with Crippen LogP contribution in [-0.4, -0.2) is 65.1 Å². The SMILES string of the molecule is CCC=C(N)c1nc(C2CN(C(C)=Nc3ccc(OCc4cnn(CCO)c4)cc3C)C2)cnc1Nc1cnn(C)c1. The number of hydrogen-bond donors (Lipinski definition) is 3. The van der Waals surface area contributed by atoms with Gasteiger partial charge in [0.05, 0.1) is 54.5 Å². The molecule has 12 nitrogen and oxygen atoms in total. The molecule has 1 aromatic carbocycles. The molecule has 4 N–H and O–H groups in total. The van der Waals surface area contributed by atoms with Crippen molar-refractivity contribution in [2.24, 2.45) is 17.8 Å². The molecule has 220 valence electrons. The summed E-state index contributed by atoms with van der Waals surface area (Å²) in [4.78, 5) is 16.7. The van der Waals surface area contributed by atoms with E-state index in [1.54, 1.807) is 21.8 Å². The van der Waals surface area contributed by atoms with Gasteiger partial charge in [0.2, 0.25) is 0 Å². The first-order valence-corrected chi connectivity index (χ1v) is 14.1. The summed E-state index contributed by atoms with van der Waals surface area (Å²) in [5.74, 6) is 2.58. The van der Waals surface area contributed by atoms with Gasteiger partial charge in [-0.05, 0) is 44.0 Å². The molecule has 1 aliphatic heterocycles. The maximum Gasteiger partial charge on any atom is 0.158 e. The molecule has 0 spiro atoms. The summed E-state index contributed by atoms with van der Waals surface area (Å²) in [5.41, 5.74) is 12.3. The summed E-state index contributed by atoms with van der Waals surface area (Å²) in [6.45, 7) is 8.66. The first kappa shape index (κ1) is 28.8. The van der Waals surface area contributed by atoms with E-state index in [-0.39, 0.29) is 12.5 Å². The number of nitrogens with one attached hydrogen (secondary N) is 1. The number of anilines is 2. The van der Waals surface area contributed by atoms with E-state index in [1.165, 1.54) is 0 Å². The summed E-state index contributed by atoms with van der Waals surface area (Å²) in [6, 6.07) is 5.91. The van der Waals surface area contributed by atoms with Crippen LogP contribution in [-0.2, 0) is 20.2 Å². The highest BCUT2D eigenvalue weighted by atomic mass is 16.5. The van der Waals surface area contributed by atoms with E-state index < -0.39 is 0 Å². The van der Waals surface area contributed by atoms with E-state index in [1.807, 2.05) is 70.7 Å². The Bertz CT molecular complexity index is 1580. The van der Waals surface area contributed by atoms with Gasteiger partial charge in [0.25, 0.3) is 0 Å². The van der Waals surface area contributed by atoms with E-state index in [4.69, 9.17) is 25.6 Å². The molecule has 12 heteroatoms. The zero-order valence-electron chi connectivity index (χ0n) is 24.5. The largest absolute Gasteiger partial charge is 0.489 e. The van der Waals surface area contributed by atoms with Crippen molar-refractivity contribution < 1.29 is 9.84 Å². The zero-order chi connectivity index (χ0) is 29.6. The maximum absolute atomic E-state index is 9.05. The summed E-state index contributed by atoms with van der Waals surface area (Å²) in [5, 5.41) is 20.8. The summed E-state index contributed by atoms with van der Waals surface area (Å²) < 4.78 is 9.37. The number of nitrogens with zero attached hydrogens (tertiary/aromatic N) is 8. The van der Waals surface area contributed by atoms with Crippen molar-refractivity contribution in [1.82, 2.24) is 34.4 Å². The highest BCUT2D eigenvalue weighted by Gasteiger charge is 2.31. The molecule has 4 aromatic rings. The number of aliphatic hydroxyl groups is 1. The molecule has 0 bridgehead atoms. The van der Waals surface area contributed by atoms with Crippen LogP contribution in [0.3, 0.4) is 0 Å². The Balaban J connectivity index is 1.21. The van der Waals surface area contributed by atoms with E-state index in [9.17, 15) is 0 Å². The van der Waals surface area contributed by atoms with Gasteiger partial charge in [-0.15, -0.1) is 0 Å².